The van der Waals surface area contributed by atoms with E-state index in [4.69, 9.17) is 0 Å². The Morgan fingerprint density at radius 3 is 2.87 bits per heavy atom. The second-order valence-electron chi connectivity index (χ2n) is 7.02. The van der Waals surface area contributed by atoms with Gasteiger partial charge in [-0.05, 0) is 49.2 Å². The van der Waals surface area contributed by atoms with E-state index in [0.29, 0.717) is 17.7 Å². The van der Waals surface area contributed by atoms with E-state index in [9.17, 15) is 4.79 Å². The van der Waals surface area contributed by atoms with Crippen LogP contribution in [-0.2, 0) is 11.3 Å². The van der Waals surface area contributed by atoms with Crippen LogP contribution in [0.1, 0.15) is 31.1 Å². The van der Waals surface area contributed by atoms with Gasteiger partial charge in [0, 0.05) is 44.0 Å². The average molecular weight is 336 g/mol. The van der Waals surface area contributed by atoms with E-state index in [-0.39, 0.29) is 0 Å². The molecular weight excluding hydrogens is 306 g/mol. The van der Waals surface area contributed by atoms with Crippen LogP contribution in [-0.4, -0.2) is 55.0 Å². The van der Waals surface area contributed by atoms with Crippen LogP contribution < -0.4 is 5.32 Å². The highest BCUT2D eigenvalue weighted by Crippen LogP contribution is 2.23. The summed E-state index contributed by atoms with van der Waals surface area (Å²) >= 11 is 1.82. The Hall–Kier alpha value is -0.910. The Morgan fingerprint density at radius 2 is 2.22 bits per heavy atom. The van der Waals surface area contributed by atoms with Gasteiger partial charge in [0.25, 0.3) is 0 Å². The lowest BCUT2D eigenvalue weighted by Crippen LogP contribution is -2.48. The molecule has 2 fully saturated rings. The molecule has 2 atom stereocenters. The third-order valence-corrected chi connectivity index (χ3v) is 6.18. The summed E-state index contributed by atoms with van der Waals surface area (Å²) in [4.78, 5) is 18.5. The highest BCUT2D eigenvalue weighted by Gasteiger charge is 2.26. The first-order valence-electron chi connectivity index (χ1n) is 8.95. The molecule has 0 bridgehead atoms. The minimum absolute atomic E-state index is 0.360. The molecule has 2 aliphatic heterocycles. The average Bonchev–Trinajstić information content (AvgIpc) is 3.09. The quantitative estimate of drug-likeness (QED) is 0.898. The molecule has 4 nitrogen and oxygen atoms in total. The van der Waals surface area contributed by atoms with Crippen molar-refractivity contribution in [3.05, 3.63) is 22.4 Å². The number of hydrogen-bond acceptors (Lipinski definition) is 4. The van der Waals surface area contributed by atoms with Gasteiger partial charge < -0.3 is 10.2 Å². The van der Waals surface area contributed by atoms with Crippen molar-refractivity contribution in [3.8, 4) is 0 Å². The molecule has 2 saturated heterocycles. The summed E-state index contributed by atoms with van der Waals surface area (Å²) in [5.41, 5.74) is 0. The summed E-state index contributed by atoms with van der Waals surface area (Å²) in [5, 5.41) is 5.60. The number of carbonyl (C=O) groups excluding carboxylic acids is 1. The zero-order chi connectivity index (χ0) is 16.1. The van der Waals surface area contributed by atoms with Gasteiger partial charge in [-0.1, -0.05) is 13.0 Å². The van der Waals surface area contributed by atoms with Crippen LogP contribution in [0.5, 0.6) is 0 Å². The van der Waals surface area contributed by atoms with Gasteiger partial charge in [-0.2, -0.15) is 0 Å². The summed E-state index contributed by atoms with van der Waals surface area (Å²) in [6, 6.07) is 4.31. The summed E-state index contributed by atoms with van der Waals surface area (Å²) < 4.78 is 0. The largest absolute Gasteiger partial charge is 0.340 e. The maximum Gasteiger partial charge on any atom is 0.222 e. The zero-order valence-corrected chi connectivity index (χ0v) is 15.0. The van der Waals surface area contributed by atoms with Crippen molar-refractivity contribution < 1.29 is 4.79 Å². The minimum atomic E-state index is 0.360. The first-order valence-corrected chi connectivity index (χ1v) is 9.83. The van der Waals surface area contributed by atoms with Crippen LogP contribution in [0.25, 0.3) is 0 Å². The molecule has 0 aliphatic carbocycles. The summed E-state index contributed by atoms with van der Waals surface area (Å²) in [5.74, 6) is 1.53. The van der Waals surface area contributed by atoms with Crippen molar-refractivity contribution >= 4 is 17.2 Å². The fourth-order valence-electron chi connectivity index (χ4n) is 3.71. The molecule has 2 unspecified atom stereocenters. The van der Waals surface area contributed by atoms with Gasteiger partial charge in [-0.15, -0.1) is 11.3 Å². The standard InChI is InChI=1S/C18H29N3OS/c1-15(16-4-2-6-19-13-16)12-18(22)21-9-7-20(8-10-21)14-17-5-3-11-23-17/h3,5,11,15-16,19H,2,4,6-10,12-14H2,1H3. The molecule has 3 heterocycles. The maximum absolute atomic E-state index is 12.6. The Bertz CT molecular complexity index is 476. The second kappa shape index (κ2) is 8.27. The predicted molar refractivity (Wildman–Crippen MR) is 95.6 cm³/mol. The van der Waals surface area contributed by atoms with Crippen molar-refractivity contribution in [2.75, 3.05) is 39.3 Å². The Labute approximate surface area is 143 Å². The van der Waals surface area contributed by atoms with Crippen molar-refractivity contribution in [2.45, 2.75) is 32.7 Å². The third kappa shape index (κ3) is 4.78. The number of piperidine rings is 1. The molecule has 1 amide bonds. The number of nitrogens with zero attached hydrogens (tertiary/aromatic N) is 2. The monoisotopic (exact) mass is 335 g/mol. The zero-order valence-electron chi connectivity index (χ0n) is 14.2. The van der Waals surface area contributed by atoms with E-state index < -0.39 is 0 Å². The first-order chi connectivity index (χ1) is 11.2. The highest BCUT2D eigenvalue weighted by atomic mass is 32.1. The molecule has 5 heteroatoms. The van der Waals surface area contributed by atoms with E-state index in [1.165, 1.54) is 17.7 Å². The van der Waals surface area contributed by atoms with E-state index >= 15 is 0 Å². The number of hydrogen-bond donors (Lipinski definition) is 1. The molecule has 0 spiro atoms. The molecule has 2 aliphatic rings. The normalized spacial score (nSPS) is 24.6. The van der Waals surface area contributed by atoms with Crippen molar-refractivity contribution in [2.24, 2.45) is 11.8 Å². The topological polar surface area (TPSA) is 35.6 Å². The lowest BCUT2D eigenvalue weighted by molar-refractivity contribution is -0.134. The number of thiophene rings is 1. The molecule has 0 aromatic carbocycles. The molecule has 128 valence electrons. The lowest BCUT2D eigenvalue weighted by atomic mass is 9.85. The second-order valence-corrected chi connectivity index (χ2v) is 8.06. The van der Waals surface area contributed by atoms with Gasteiger partial charge in [-0.25, -0.2) is 0 Å². The Kier molecular flexibility index (Phi) is 6.08. The van der Waals surface area contributed by atoms with Crippen LogP contribution >= 0.6 is 11.3 Å². The van der Waals surface area contributed by atoms with E-state index in [2.05, 4.69) is 39.6 Å². The molecule has 0 saturated carbocycles. The number of nitrogens with one attached hydrogen (secondary N) is 1. The predicted octanol–water partition coefficient (Wildman–Crippen LogP) is 2.42. The highest BCUT2D eigenvalue weighted by molar-refractivity contribution is 7.09. The van der Waals surface area contributed by atoms with Crippen LogP contribution in [0.4, 0.5) is 0 Å². The van der Waals surface area contributed by atoms with Crippen LogP contribution in [0.3, 0.4) is 0 Å². The maximum atomic E-state index is 12.6. The number of piperazine rings is 1. The number of rotatable bonds is 5. The first kappa shape index (κ1) is 16.9. The number of amides is 1. The Balaban J connectivity index is 1.40. The van der Waals surface area contributed by atoms with E-state index in [0.717, 1.165) is 52.2 Å². The molecule has 1 aromatic heterocycles. The van der Waals surface area contributed by atoms with E-state index in [1.807, 2.05) is 11.3 Å². The third-order valence-electron chi connectivity index (χ3n) is 5.32. The van der Waals surface area contributed by atoms with Gasteiger partial charge in [0.15, 0.2) is 0 Å². The molecular formula is C18H29N3OS. The molecule has 1 N–H and O–H groups in total. The van der Waals surface area contributed by atoms with E-state index in [1.54, 1.807) is 0 Å². The summed E-state index contributed by atoms with van der Waals surface area (Å²) in [7, 11) is 0. The van der Waals surface area contributed by atoms with Gasteiger partial charge in [-0.3, -0.25) is 9.69 Å². The molecule has 1 aromatic rings. The smallest absolute Gasteiger partial charge is 0.222 e. The summed E-state index contributed by atoms with van der Waals surface area (Å²) in [6.07, 6.45) is 3.25. The van der Waals surface area contributed by atoms with Gasteiger partial charge in [0.2, 0.25) is 5.91 Å². The van der Waals surface area contributed by atoms with Gasteiger partial charge in [0.05, 0.1) is 0 Å². The number of carbonyl (C=O) groups is 1. The SMILES string of the molecule is CC(CC(=O)N1CCN(Cc2cccs2)CC1)C1CCCNC1. The molecule has 23 heavy (non-hydrogen) atoms. The Morgan fingerprint density at radius 1 is 1.39 bits per heavy atom. The van der Waals surface area contributed by atoms with Gasteiger partial charge >= 0.3 is 0 Å². The lowest BCUT2D eigenvalue weighted by Gasteiger charge is -2.36. The van der Waals surface area contributed by atoms with Crippen molar-refractivity contribution in [1.82, 2.24) is 15.1 Å². The molecule has 3 rings (SSSR count). The van der Waals surface area contributed by atoms with Crippen molar-refractivity contribution in [1.29, 1.82) is 0 Å². The minimum Gasteiger partial charge on any atom is -0.340 e. The fraction of sp³-hybridized carbons (Fsp3) is 0.722. The van der Waals surface area contributed by atoms with Crippen molar-refractivity contribution in [3.63, 3.8) is 0 Å². The van der Waals surface area contributed by atoms with Crippen LogP contribution in [0.2, 0.25) is 0 Å². The summed E-state index contributed by atoms with van der Waals surface area (Å²) in [6.45, 7) is 9.30. The van der Waals surface area contributed by atoms with Crippen LogP contribution in [0, 0.1) is 11.8 Å². The van der Waals surface area contributed by atoms with Gasteiger partial charge in [0.1, 0.15) is 0 Å². The fourth-order valence-corrected chi connectivity index (χ4v) is 4.46. The molecule has 0 radical (unpaired) electrons. The van der Waals surface area contributed by atoms with Crippen LogP contribution in [0.15, 0.2) is 17.5 Å².